The maximum atomic E-state index is 11.7. The van der Waals surface area contributed by atoms with E-state index in [4.69, 9.17) is 0 Å². The van der Waals surface area contributed by atoms with Crippen molar-refractivity contribution in [1.29, 1.82) is 0 Å². The molecular weight excluding hydrogens is 266 g/mol. The third-order valence-electron chi connectivity index (χ3n) is 4.73. The van der Waals surface area contributed by atoms with Gasteiger partial charge in [-0.15, -0.1) is 0 Å². The summed E-state index contributed by atoms with van der Waals surface area (Å²) in [7, 11) is 3.96. The lowest BCUT2D eigenvalue weighted by molar-refractivity contribution is 0.425. The minimum Gasteiger partial charge on any atom is -0.380 e. The minimum absolute atomic E-state index is 0.374. The fraction of sp³-hybridized carbons (Fsp3) is 0.625. The average Bonchev–Trinajstić information content (AvgIpc) is 3.07. The van der Waals surface area contributed by atoms with Crippen molar-refractivity contribution < 1.29 is 0 Å². The highest BCUT2D eigenvalue weighted by Crippen LogP contribution is 2.43. The highest BCUT2D eigenvalue weighted by Gasteiger charge is 2.35. The van der Waals surface area contributed by atoms with Gasteiger partial charge < -0.3 is 15.5 Å². The van der Waals surface area contributed by atoms with Crippen molar-refractivity contribution in [3.63, 3.8) is 0 Å². The second kappa shape index (κ2) is 5.64. The number of hydrogen-bond donors (Lipinski definition) is 2. The Morgan fingerprint density at radius 1 is 1.10 bits per heavy atom. The van der Waals surface area contributed by atoms with Crippen molar-refractivity contribution in [2.75, 3.05) is 44.4 Å². The zero-order chi connectivity index (χ0) is 15.0. The Morgan fingerprint density at radius 3 is 2.38 bits per heavy atom. The standard InChI is InChI=1S/C16H23N3O2/c1-19(2)6-5-17-13-14(16(21)15(13)20)18-9-12-8-10-3-4-11(12)7-10/h3-4,10-12,17-18H,5-9H2,1-2H3/t10-,11+,12-/m1/s1. The van der Waals surface area contributed by atoms with Gasteiger partial charge in [0.1, 0.15) is 11.4 Å². The molecule has 0 unspecified atom stereocenters. The summed E-state index contributed by atoms with van der Waals surface area (Å²) in [4.78, 5) is 25.4. The van der Waals surface area contributed by atoms with E-state index in [1.54, 1.807) is 0 Å². The van der Waals surface area contributed by atoms with E-state index in [-0.39, 0.29) is 10.9 Å². The lowest BCUT2D eigenvalue weighted by atomic mass is 9.93. The Bertz CT molecular complexity index is 613. The number of nitrogens with zero attached hydrogens (tertiary/aromatic N) is 1. The maximum absolute atomic E-state index is 11.7. The molecule has 3 rings (SSSR count). The zero-order valence-electron chi connectivity index (χ0n) is 12.7. The smallest absolute Gasteiger partial charge is 0.253 e. The first-order valence-corrected chi connectivity index (χ1v) is 7.70. The molecule has 21 heavy (non-hydrogen) atoms. The highest BCUT2D eigenvalue weighted by molar-refractivity contribution is 5.73. The van der Waals surface area contributed by atoms with Crippen LogP contribution in [0.2, 0.25) is 0 Å². The van der Waals surface area contributed by atoms with Crippen molar-refractivity contribution in [2.45, 2.75) is 12.8 Å². The van der Waals surface area contributed by atoms with Gasteiger partial charge >= 0.3 is 0 Å². The van der Waals surface area contributed by atoms with Gasteiger partial charge in [0.05, 0.1) is 0 Å². The molecule has 0 aliphatic heterocycles. The van der Waals surface area contributed by atoms with Gasteiger partial charge in [0.2, 0.25) is 0 Å². The summed E-state index contributed by atoms with van der Waals surface area (Å²) in [5.41, 5.74) is 0.205. The number of fused-ring (bicyclic) bond motifs is 2. The topological polar surface area (TPSA) is 61.4 Å². The molecule has 1 aromatic rings. The van der Waals surface area contributed by atoms with E-state index in [0.717, 1.165) is 19.0 Å². The third-order valence-corrected chi connectivity index (χ3v) is 4.73. The van der Waals surface area contributed by atoms with E-state index in [9.17, 15) is 9.59 Å². The number of nitrogens with one attached hydrogen (secondary N) is 2. The van der Waals surface area contributed by atoms with Crippen molar-refractivity contribution in [3.05, 3.63) is 32.6 Å². The molecule has 0 heterocycles. The summed E-state index contributed by atoms with van der Waals surface area (Å²) in [5.74, 6) is 1.98. The molecular formula is C16H23N3O2. The van der Waals surface area contributed by atoms with Gasteiger partial charge in [0.25, 0.3) is 10.9 Å². The molecule has 1 saturated carbocycles. The molecule has 3 atom stereocenters. The Morgan fingerprint density at radius 2 is 1.81 bits per heavy atom. The molecule has 5 heteroatoms. The van der Waals surface area contributed by atoms with Crippen molar-refractivity contribution in [2.24, 2.45) is 17.8 Å². The molecule has 2 aliphatic rings. The van der Waals surface area contributed by atoms with Gasteiger partial charge in [-0.1, -0.05) is 12.2 Å². The van der Waals surface area contributed by atoms with E-state index in [0.29, 0.717) is 29.8 Å². The number of rotatable bonds is 7. The first-order chi connectivity index (χ1) is 10.1. The monoisotopic (exact) mass is 289 g/mol. The summed E-state index contributed by atoms with van der Waals surface area (Å²) in [6, 6.07) is 0. The Balaban J connectivity index is 1.56. The molecule has 114 valence electrons. The van der Waals surface area contributed by atoms with Crippen molar-refractivity contribution in [1.82, 2.24) is 4.90 Å². The Hall–Kier alpha value is -1.62. The van der Waals surface area contributed by atoms with E-state index in [2.05, 4.69) is 22.8 Å². The highest BCUT2D eigenvalue weighted by atomic mass is 16.2. The molecule has 5 nitrogen and oxygen atoms in total. The molecule has 1 aromatic carbocycles. The zero-order valence-corrected chi connectivity index (χ0v) is 12.7. The minimum atomic E-state index is -0.385. The lowest BCUT2D eigenvalue weighted by Crippen LogP contribution is -2.39. The number of anilines is 2. The SMILES string of the molecule is CN(C)CCNc1c(NC[C@H]2C[C@@H]3C=C[C@H]2C3)c(=O)c1=O. The third kappa shape index (κ3) is 2.75. The normalized spacial score (nSPS) is 26.9. The number of hydrogen-bond acceptors (Lipinski definition) is 5. The summed E-state index contributed by atoms with van der Waals surface area (Å²) < 4.78 is 0. The van der Waals surface area contributed by atoms with Crippen LogP contribution in [0.15, 0.2) is 21.7 Å². The Labute approximate surface area is 124 Å². The quantitative estimate of drug-likeness (QED) is 0.576. The fourth-order valence-electron chi connectivity index (χ4n) is 3.50. The second-order valence-electron chi connectivity index (χ2n) is 6.56. The van der Waals surface area contributed by atoms with Crippen LogP contribution in [0, 0.1) is 17.8 Å². The van der Waals surface area contributed by atoms with Crippen LogP contribution in [-0.4, -0.2) is 38.6 Å². The van der Waals surface area contributed by atoms with Crippen LogP contribution in [0.1, 0.15) is 12.8 Å². The van der Waals surface area contributed by atoms with Crippen LogP contribution in [0.25, 0.3) is 0 Å². The van der Waals surface area contributed by atoms with Crippen molar-refractivity contribution >= 4 is 11.4 Å². The maximum Gasteiger partial charge on any atom is 0.253 e. The molecule has 0 spiro atoms. The molecule has 2 N–H and O–H groups in total. The first kappa shape index (κ1) is 14.3. The van der Waals surface area contributed by atoms with Crippen LogP contribution >= 0.6 is 0 Å². The average molecular weight is 289 g/mol. The predicted molar refractivity (Wildman–Crippen MR) is 85.7 cm³/mol. The molecule has 0 radical (unpaired) electrons. The van der Waals surface area contributed by atoms with Crippen molar-refractivity contribution in [3.8, 4) is 0 Å². The van der Waals surface area contributed by atoms with Crippen LogP contribution in [-0.2, 0) is 0 Å². The number of likely N-dealkylation sites (N-methyl/N-ethyl adjacent to an activating group) is 1. The molecule has 1 fully saturated rings. The second-order valence-corrected chi connectivity index (χ2v) is 6.56. The largest absolute Gasteiger partial charge is 0.380 e. The first-order valence-electron chi connectivity index (χ1n) is 7.70. The van der Waals surface area contributed by atoms with Gasteiger partial charge in [-0.05, 0) is 44.7 Å². The summed E-state index contributed by atoms with van der Waals surface area (Å²) >= 11 is 0. The van der Waals surface area contributed by atoms with Crippen LogP contribution in [0.4, 0.5) is 11.4 Å². The van der Waals surface area contributed by atoms with E-state index in [1.807, 2.05) is 19.0 Å². The lowest BCUT2D eigenvalue weighted by Gasteiger charge is -2.21. The summed E-state index contributed by atoms with van der Waals surface area (Å²) in [6.07, 6.45) is 7.07. The fourth-order valence-corrected chi connectivity index (χ4v) is 3.50. The summed E-state index contributed by atoms with van der Waals surface area (Å²) in [5, 5.41) is 6.29. The predicted octanol–water partition coefficient (Wildman–Crippen LogP) is 0.880. The van der Waals surface area contributed by atoms with Gasteiger partial charge in [-0.25, -0.2) is 0 Å². The summed E-state index contributed by atoms with van der Waals surface area (Å²) in [6.45, 7) is 2.29. The molecule has 0 saturated heterocycles. The molecule has 0 amide bonds. The van der Waals surface area contributed by atoms with E-state index < -0.39 is 0 Å². The molecule has 2 aliphatic carbocycles. The van der Waals surface area contributed by atoms with Gasteiger partial charge in [0, 0.05) is 19.6 Å². The molecule has 0 aromatic heterocycles. The van der Waals surface area contributed by atoms with Crippen LogP contribution in [0.3, 0.4) is 0 Å². The number of allylic oxidation sites excluding steroid dienone is 2. The van der Waals surface area contributed by atoms with E-state index >= 15 is 0 Å². The molecule has 2 bridgehead atoms. The van der Waals surface area contributed by atoms with Gasteiger partial charge in [0.15, 0.2) is 0 Å². The van der Waals surface area contributed by atoms with Gasteiger partial charge in [-0.2, -0.15) is 0 Å². The van der Waals surface area contributed by atoms with Crippen LogP contribution in [0.5, 0.6) is 0 Å². The van der Waals surface area contributed by atoms with Gasteiger partial charge in [-0.3, -0.25) is 9.59 Å². The Kier molecular flexibility index (Phi) is 3.85. The van der Waals surface area contributed by atoms with E-state index in [1.165, 1.54) is 12.8 Å². The van der Waals surface area contributed by atoms with Crippen LogP contribution < -0.4 is 21.5 Å².